The third kappa shape index (κ3) is 6.02. The molecule has 3 aromatic rings. The van der Waals surface area contributed by atoms with Gasteiger partial charge in [0.05, 0.1) is 0 Å². The van der Waals surface area contributed by atoms with Gasteiger partial charge < -0.3 is 15.5 Å². The first-order valence-corrected chi connectivity index (χ1v) is 12.2. The molecule has 0 saturated heterocycles. The summed E-state index contributed by atoms with van der Waals surface area (Å²) in [6.45, 7) is 4.21. The maximum Gasteiger partial charge on any atom is 0.170 e. The van der Waals surface area contributed by atoms with E-state index in [1.807, 2.05) is 17.8 Å². The Hall–Kier alpha value is -2.50. The van der Waals surface area contributed by atoms with Crippen LogP contribution in [0.25, 0.3) is 0 Å². The maximum atomic E-state index is 5.48. The molecule has 0 saturated carbocycles. The number of thioether (sulfide) groups is 1. The van der Waals surface area contributed by atoms with Gasteiger partial charge in [-0.3, -0.25) is 0 Å². The van der Waals surface area contributed by atoms with Gasteiger partial charge in [0, 0.05) is 41.2 Å². The van der Waals surface area contributed by atoms with Gasteiger partial charge in [0.2, 0.25) is 0 Å². The average molecular weight is 448 g/mol. The molecule has 0 spiro atoms. The van der Waals surface area contributed by atoms with Crippen LogP contribution in [0.1, 0.15) is 24.5 Å². The summed E-state index contributed by atoms with van der Waals surface area (Å²) in [7, 11) is 0. The van der Waals surface area contributed by atoms with E-state index in [0.717, 1.165) is 37.4 Å². The Labute approximate surface area is 195 Å². The van der Waals surface area contributed by atoms with E-state index >= 15 is 0 Å². The van der Waals surface area contributed by atoms with Crippen LogP contribution in [-0.4, -0.2) is 24.2 Å². The third-order valence-corrected chi connectivity index (χ3v) is 6.90. The summed E-state index contributed by atoms with van der Waals surface area (Å²) in [6.07, 6.45) is 2.19. The van der Waals surface area contributed by atoms with E-state index < -0.39 is 0 Å². The zero-order valence-corrected chi connectivity index (χ0v) is 19.5. The molecule has 2 N–H and O–H groups in total. The second kappa shape index (κ2) is 10.7. The summed E-state index contributed by atoms with van der Waals surface area (Å²) in [5.41, 5.74) is 5.18. The SMILES string of the molecule is C[C@H]1Cc2ccccc2N1CCCNC(=S)Nc1ccc(CSc2ccccc2)cc1. The Morgan fingerprint density at radius 2 is 1.74 bits per heavy atom. The molecule has 3 nitrogen and oxygen atoms in total. The van der Waals surface area contributed by atoms with Gasteiger partial charge in [-0.15, -0.1) is 11.8 Å². The number of anilines is 2. The number of fused-ring (bicyclic) bond motifs is 1. The predicted octanol–water partition coefficient (Wildman–Crippen LogP) is 6.11. The molecular formula is C26H29N3S2. The van der Waals surface area contributed by atoms with E-state index in [2.05, 4.69) is 95.3 Å². The summed E-state index contributed by atoms with van der Waals surface area (Å²) < 4.78 is 0. The van der Waals surface area contributed by atoms with Crippen molar-refractivity contribution in [2.75, 3.05) is 23.3 Å². The van der Waals surface area contributed by atoms with Crippen LogP contribution in [0.3, 0.4) is 0 Å². The van der Waals surface area contributed by atoms with Crippen molar-refractivity contribution in [3.63, 3.8) is 0 Å². The molecule has 1 aliphatic heterocycles. The van der Waals surface area contributed by atoms with Crippen LogP contribution < -0.4 is 15.5 Å². The number of hydrogen-bond acceptors (Lipinski definition) is 3. The molecule has 0 aliphatic carbocycles. The zero-order valence-electron chi connectivity index (χ0n) is 17.9. The monoisotopic (exact) mass is 447 g/mol. The summed E-state index contributed by atoms with van der Waals surface area (Å²) in [4.78, 5) is 3.81. The number of nitrogens with zero attached hydrogens (tertiary/aromatic N) is 1. The molecule has 0 bridgehead atoms. The minimum atomic E-state index is 0.570. The van der Waals surface area contributed by atoms with Gasteiger partial charge in [-0.1, -0.05) is 48.5 Å². The third-order valence-electron chi connectivity index (χ3n) is 5.57. The molecule has 0 radical (unpaired) electrons. The van der Waals surface area contributed by atoms with Gasteiger partial charge in [0.25, 0.3) is 0 Å². The topological polar surface area (TPSA) is 27.3 Å². The highest BCUT2D eigenvalue weighted by atomic mass is 32.2. The molecule has 1 atom stereocenters. The molecule has 0 fully saturated rings. The van der Waals surface area contributed by atoms with E-state index in [1.165, 1.54) is 21.7 Å². The van der Waals surface area contributed by atoms with E-state index in [-0.39, 0.29) is 0 Å². The Morgan fingerprint density at radius 1 is 1.00 bits per heavy atom. The van der Waals surface area contributed by atoms with Crippen molar-refractivity contribution in [3.05, 3.63) is 90.0 Å². The fourth-order valence-electron chi connectivity index (χ4n) is 3.96. The molecule has 0 unspecified atom stereocenters. The quantitative estimate of drug-likeness (QED) is 0.247. The molecule has 5 heteroatoms. The van der Waals surface area contributed by atoms with E-state index in [9.17, 15) is 0 Å². The highest BCUT2D eigenvalue weighted by Gasteiger charge is 2.24. The minimum absolute atomic E-state index is 0.570. The van der Waals surface area contributed by atoms with Crippen molar-refractivity contribution >= 4 is 40.5 Å². The van der Waals surface area contributed by atoms with Crippen LogP contribution in [0.4, 0.5) is 11.4 Å². The molecule has 0 amide bonds. The molecule has 3 aromatic carbocycles. The van der Waals surface area contributed by atoms with E-state index in [1.54, 1.807) is 0 Å². The number of thiocarbonyl (C=S) groups is 1. The van der Waals surface area contributed by atoms with Gasteiger partial charge in [-0.2, -0.15) is 0 Å². The molecule has 1 heterocycles. The Bertz CT molecular complexity index is 989. The van der Waals surface area contributed by atoms with Gasteiger partial charge in [0.1, 0.15) is 0 Å². The van der Waals surface area contributed by atoms with Crippen molar-refractivity contribution in [1.82, 2.24) is 5.32 Å². The van der Waals surface area contributed by atoms with Crippen LogP contribution in [0.15, 0.2) is 83.8 Å². The Morgan fingerprint density at radius 3 is 2.55 bits per heavy atom. The van der Waals surface area contributed by atoms with Crippen molar-refractivity contribution in [2.24, 2.45) is 0 Å². The summed E-state index contributed by atoms with van der Waals surface area (Å²) in [5.74, 6) is 0.963. The van der Waals surface area contributed by atoms with E-state index in [0.29, 0.717) is 11.2 Å². The van der Waals surface area contributed by atoms with Crippen LogP contribution >= 0.6 is 24.0 Å². The van der Waals surface area contributed by atoms with Crippen LogP contribution in [0, 0.1) is 0 Å². The fourth-order valence-corrected chi connectivity index (χ4v) is 5.06. The molecule has 0 aromatic heterocycles. The lowest BCUT2D eigenvalue weighted by atomic mass is 10.1. The largest absolute Gasteiger partial charge is 0.368 e. The standard InChI is InChI=1S/C26H29N3S2/c1-20-18-22-8-5-6-11-25(22)29(20)17-7-16-27-26(30)28-23-14-12-21(13-15-23)19-31-24-9-3-2-4-10-24/h2-6,8-15,20H,7,16-19H2,1H3,(H2,27,28,30)/t20-/m0/s1. The first-order valence-electron chi connectivity index (χ1n) is 10.9. The van der Waals surface area contributed by atoms with Gasteiger partial charge >= 0.3 is 0 Å². The van der Waals surface area contributed by atoms with Gasteiger partial charge in [-0.05, 0) is 73.4 Å². The van der Waals surface area contributed by atoms with Crippen molar-refractivity contribution in [3.8, 4) is 0 Å². The van der Waals surface area contributed by atoms with Crippen molar-refractivity contribution < 1.29 is 0 Å². The smallest absolute Gasteiger partial charge is 0.170 e. The number of benzene rings is 3. The number of hydrogen-bond donors (Lipinski definition) is 2. The Kier molecular flexibility index (Phi) is 7.49. The Balaban J connectivity index is 1.17. The van der Waals surface area contributed by atoms with E-state index in [4.69, 9.17) is 12.2 Å². The fraction of sp³-hybridized carbons (Fsp3) is 0.269. The summed E-state index contributed by atoms with van der Waals surface area (Å²) in [6, 6.07) is 28.3. The maximum absolute atomic E-state index is 5.48. The average Bonchev–Trinajstić information content (AvgIpc) is 3.12. The second-order valence-electron chi connectivity index (χ2n) is 7.91. The van der Waals surface area contributed by atoms with Gasteiger partial charge in [-0.25, -0.2) is 0 Å². The second-order valence-corrected chi connectivity index (χ2v) is 9.37. The van der Waals surface area contributed by atoms with Gasteiger partial charge in [0.15, 0.2) is 5.11 Å². The minimum Gasteiger partial charge on any atom is -0.368 e. The predicted molar refractivity (Wildman–Crippen MR) is 138 cm³/mol. The first-order chi connectivity index (χ1) is 15.2. The zero-order chi connectivity index (χ0) is 21.5. The molecule has 1 aliphatic rings. The van der Waals surface area contributed by atoms with Crippen LogP contribution in [-0.2, 0) is 12.2 Å². The summed E-state index contributed by atoms with van der Waals surface area (Å²) >= 11 is 7.33. The number of rotatable bonds is 8. The number of nitrogens with one attached hydrogen (secondary N) is 2. The highest BCUT2D eigenvalue weighted by Crippen LogP contribution is 2.31. The lowest BCUT2D eigenvalue weighted by Crippen LogP contribution is -2.34. The van der Waals surface area contributed by atoms with Crippen molar-refractivity contribution in [2.45, 2.75) is 36.5 Å². The first kappa shape index (κ1) is 21.7. The molecule has 160 valence electrons. The van der Waals surface area contributed by atoms with Crippen LogP contribution in [0.5, 0.6) is 0 Å². The molecule has 31 heavy (non-hydrogen) atoms. The lowest BCUT2D eigenvalue weighted by Gasteiger charge is -2.25. The van der Waals surface area contributed by atoms with Crippen LogP contribution in [0.2, 0.25) is 0 Å². The molecular weight excluding hydrogens is 418 g/mol. The summed E-state index contributed by atoms with van der Waals surface area (Å²) in [5, 5.41) is 7.32. The highest BCUT2D eigenvalue weighted by molar-refractivity contribution is 7.98. The number of para-hydroxylation sites is 1. The lowest BCUT2D eigenvalue weighted by molar-refractivity contribution is 0.641. The molecule has 4 rings (SSSR count). The van der Waals surface area contributed by atoms with Crippen molar-refractivity contribution in [1.29, 1.82) is 0 Å². The normalized spacial score (nSPS) is 14.9.